The minimum Gasteiger partial charge on any atom is -0.349 e. The topological polar surface area (TPSA) is 41.6 Å². The van der Waals surface area contributed by atoms with Gasteiger partial charge in [0.1, 0.15) is 0 Å². The summed E-state index contributed by atoms with van der Waals surface area (Å²) in [4.78, 5) is 19.2. The lowest BCUT2D eigenvalue weighted by Crippen LogP contribution is -2.66. The Labute approximate surface area is 181 Å². The Kier molecular flexibility index (Phi) is 7.32. The van der Waals surface area contributed by atoms with Crippen LogP contribution in [0.25, 0.3) is 0 Å². The maximum Gasteiger partial charge on any atom is 0.251 e. The third-order valence-electron chi connectivity index (χ3n) is 6.49. The molecule has 1 N–H and O–H groups in total. The van der Waals surface area contributed by atoms with E-state index in [2.05, 4.69) is 62.3 Å². The van der Waals surface area contributed by atoms with Crippen LogP contribution < -0.4 is 5.32 Å². The van der Waals surface area contributed by atoms with Crippen molar-refractivity contribution in [1.82, 2.24) is 10.4 Å². The Bertz CT molecular complexity index is 800. The fourth-order valence-corrected chi connectivity index (χ4v) is 4.94. The molecule has 0 aliphatic carbocycles. The van der Waals surface area contributed by atoms with Crippen molar-refractivity contribution < 1.29 is 9.63 Å². The molecule has 0 spiro atoms. The van der Waals surface area contributed by atoms with Crippen LogP contribution >= 0.6 is 0 Å². The first-order valence-electron chi connectivity index (χ1n) is 11.2. The minimum atomic E-state index is -0.171. The molecular weight excluding hydrogens is 372 g/mol. The molecule has 1 aliphatic heterocycles. The predicted molar refractivity (Wildman–Crippen MR) is 122 cm³/mol. The van der Waals surface area contributed by atoms with Crippen LogP contribution in [0.3, 0.4) is 0 Å². The number of carbonyl (C=O) groups is 1. The molecule has 1 amide bonds. The van der Waals surface area contributed by atoms with Gasteiger partial charge in [0.25, 0.3) is 5.91 Å². The van der Waals surface area contributed by atoms with Crippen LogP contribution in [0.1, 0.15) is 69.3 Å². The standard InChI is InChI=1S/C26H36N2O2/c1-5-26(6-2)20-23(27-24(29)22-15-11-8-12-16-22)19-25(3,4)28(26)30-18-17-21-13-9-7-10-14-21/h7-16,23H,5-6,17-20H2,1-4H3,(H,27,29). The second-order valence-corrected chi connectivity index (χ2v) is 9.05. The SMILES string of the molecule is CCC1(CC)CC(NC(=O)c2ccccc2)CC(C)(C)N1OCCc1ccccc1. The van der Waals surface area contributed by atoms with Gasteiger partial charge < -0.3 is 5.32 Å². The molecule has 1 saturated heterocycles. The van der Waals surface area contributed by atoms with E-state index in [0.29, 0.717) is 6.61 Å². The Morgan fingerprint density at radius 2 is 1.60 bits per heavy atom. The lowest BCUT2D eigenvalue weighted by molar-refractivity contribution is -0.293. The molecule has 0 radical (unpaired) electrons. The van der Waals surface area contributed by atoms with Crippen LogP contribution in [0, 0.1) is 0 Å². The number of amides is 1. The average Bonchev–Trinajstić information content (AvgIpc) is 2.76. The molecule has 2 aromatic carbocycles. The zero-order valence-corrected chi connectivity index (χ0v) is 18.9. The van der Waals surface area contributed by atoms with Gasteiger partial charge in [-0.15, -0.1) is 0 Å². The largest absolute Gasteiger partial charge is 0.349 e. The molecule has 3 rings (SSSR count). The maximum absolute atomic E-state index is 12.8. The van der Waals surface area contributed by atoms with E-state index in [4.69, 9.17) is 4.84 Å². The zero-order valence-electron chi connectivity index (χ0n) is 18.9. The summed E-state index contributed by atoms with van der Waals surface area (Å²) in [5.41, 5.74) is 1.75. The van der Waals surface area contributed by atoms with Gasteiger partial charge in [0.15, 0.2) is 0 Å². The first kappa shape index (κ1) is 22.5. The van der Waals surface area contributed by atoms with Crippen molar-refractivity contribution in [2.24, 2.45) is 0 Å². The first-order chi connectivity index (χ1) is 14.4. The van der Waals surface area contributed by atoms with Crippen LogP contribution in [0.2, 0.25) is 0 Å². The molecule has 0 bridgehead atoms. The fourth-order valence-electron chi connectivity index (χ4n) is 4.94. The van der Waals surface area contributed by atoms with Gasteiger partial charge in [0, 0.05) is 22.7 Å². The van der Waals surface area contributed by atoms with Gasteiger partial charge in [-0.25, -0.2) is 0 Å². The number of piperidine rings is 1. The van der Waals surface area contributed by atoms with E-state index < -0.39 is 0 Å². The summed E-state index contributed by atoms with van der Waals surface area (Å²) >= 11 is 0. The Morgan fingerprint density at radius 1 is 1.00 bits per heavy atom. The number of rotatable bonds is 8. The highest BCUT2D eigenvalue weighted by Gasteiger charge is 2.50. The number of nitrogens with one attached hydrogen (secondary N) is 1. The number of hydrogen-bond acceptors (Lipinski definition) is 3. The van der Waals surface area contributed by atoms with Crippen LogP contribution in [-0.2, 0) is 11.3 Å². The molecule has 4 heteroatoms. The fraction of sp³-hybridized carbons (Fsp3) is 0.500. The molecule has 162 valence electrons. The number of hydrogen-bond donors (Lipinski definition) is 1. The molecular formula is C26H36N2O2. The van der Waals surface area contributed by atoms with E-state index in [0.717, 1.165) is 37.7 Å². The van der Waals surface area contributed by atoms with Gasteiger partial charge >= 0.3 is 0 Å². The van der Waals surface area contributed by atoms with Crippen LogP contribution in [0.4, 0.5) is 0 Å². The molecule has 1 fully saturated rings. The molecule has 2 aromatic rings. The third-order valence-corrected chi connectivity index (χ3v) is 6.49. The third kappa shape index (κ3) is 5.11. The van der Waals surface area contributed by atoms with Crippen molar-refractivity contribution in [2.45, 2.75) is 76.9 Å². The van der Waals surface area contributed by atoms with Crippen molar-refractivity contribution >= 4 is 5.91 Å². The molecule has 0 saturated carbocycles. The molecule has 1 atom stereocenters. The lowest BCUT2D eigenvalue weighted by Gasteiger charge is -2.56. The normalized spacial score (nSPS) is 20.6. The average molecular weight is 409 g/mol. The smallest absolute Gasteiger partial charge is 0.251 e. The van der Waals surface area contributed by atoms with E-state index >= 15 is 0 Å². The Morgan fingerprint density at radius 3 is 2.20 bits per heavy atom. The van der Waals surface area contributed by atoms with Crippen molar-refractivity contribution in [3.63, 3.8) is 0 Å². The summed E-state index contributed by atoms with van der Waals surface area (Å²) in [6, 6.07) is 20.1. The van der Waals surface area contributed by atoms with Crippen molar-refractivity contribution in [3.05, 3.63) is 71.8 Å². The highest BCUT2D eigenvalue weighted by Crippen LogP contribution is 2.43. The minimum absolute atomic E-state index is 0.0101. The van der Waals surface area contributed by atoms with E-state index in [1.165, 1.54) is 5.56 Å². The van der Waals surface area contributed by atoms with Gasteiger partial charge in [-0.2, -0.15) is 5.06 Å². The molecule has 4 nitrogen and oxygen atoms in total. The Balaban J connectivity index is 1.71. The van der Waals surface area contributed by atoms with Crippen LogP contribution in [0.5, 0.6) is 0 Å². The summed E-state index contributed by atoms with van der Waals surface area (Å²) in [5.74, 6) is 0.0101. The van der Waals surface area contributed by atoms with Crippen LogP contribution in [0.15, 0.2) is 60.7 Å². The summed E-state index contributed by atoms with van der Waals surface area (Å²) in [6.07, 6.45) is 4.61. The van der Waals surface area contributed by atoms with E-state index in [1.54, 1.807) is 0 Å². The molecule has 1 unspecified atom stereocenters. The maximum atomic E-state index is 12.8. The number of benzene rings is 2. The second kappa shape index (κ2) is 9.76. The monoisotopic (exact) mass is 408 g/mol. The van der Waals surface area contributed by atoms with Gasteiger partial charge in [0.05, 0.1) is 6.61 Å². The summed E-state index contributed by atoms with van der Waals surface area (Å²) < 4.78 is 0. The zero-order chi connectivity index (χ0) is 21.6. The quantitative estimate of drug-likeness (QED) is 0.636. The van der Waals surface area contributed by atoms with E-state index in [-0.39, 0.29) is 23.0 Å². The van der Waals surface area contributed by atoms with Crippen molar-refractivity contribution in [1.29, 1.82) is 0 Å². The molecule has 30 heavy (non-hydrogen) atoms. The summed E-state index contributed by atoms with van der Waals surface area (Å²) in [7, 11) is 0. The first-order valence-corrected chi connectivity index (χ1v) is 11.2. The number of carbonyl (C=O) groups excluding carboxylic acids is 1. The second-order valence-electron chi connectivity index (χ2n) is 9.05. The predicted octanol–water partition coefficient (Wildman–Crippen LogP) is 5.39. The van der Waals surface area contributed by atoms with Gasteiger partial charge in [-0.3, -0.25) is 9.63 Å². The van der Waals surface area contributed by atoms with Gasteiger partial charge in [0.2, 0.25) is 0 Å². The number of nitrogens with zero attached hydrogens (tertiary/aromatic N) is 1. The van der Waals surface area contributed by atoms with Crippen molar-refractivity contribution in [3.8, 4) is 0 Å². The van der Waals surface area contributed by atoms with Crippen LogP contribution in [-0.4, -0.2) is 34.7 Å². The number of hydroxylamine groups is 2. The molecule has 1 aliphatic rings. The van der Waals surface area contributed by atoms with Gasteiger partial charge in [-0.1, -0.05) is 62.4 Å². The molecule has 1 heterocycles. The summed E-state index contributed by atoms with van der Waals surface area (Å²) in [6.45, 7) is 9.59. The summed E-state index contributed by atoms with van der Waals surface area (Å²) in [5, 5.41) is 5.55. The van der Waals surface area contributed by atoms with Gasteiger partial charge in [-0.05, 0) is 63.6 Å². The lowest BCUT2D eigenvalue weighted by atomic mass is 9.74. The van der Waals surface area contributed by atoms with Crippen molar-refractivity contribution in [2.75, 3.05) is 6.61 Å². The highest BCUT2D eigenvalue weighted by atomic mass is 16.7. The molecule has 0 aromatic heterocycles. The highest BCUT2D eigenvalue weighted by molar-refractivity contribution is 5.94. The van der Waals surface area contributed by atoms with E-state index in [1.807, 2.05) is 36.4 Å². The Hall–Kier alpha value is -2.17. The van der Waals surface area contributed by atoms with E-state index in [9.17, 15) is 4.79 Å².